The molecule has 4 saturated heterocycles. The van der Waals surface area contributed by atoms with Crippen LogP contribution in [-0.2, 0) is 9.59 Å². The lowest BCUT2D eigenvalue weighted by Crippen LogP contribution is -2.29. The Kier molecular flexibility index (Phi) is 13.2. The number of likely N-dealkylation sites (tertiary alicyclic amines) is 2. The first kappa shape index (κ1) is 46.8. The van der Waals surface area contributed by atoms with E-state index in [1.807, 2.05) is 136 Å². The van der Waals surface area contributed by atoms with Crippen LogP contribution >= 0.6 is 0 Å². The number of hydrogen-bond donors (Lipinski definition) is 3. The smallest absolute Gasteiger partial charge is 0.254 e. The maximum absolute atomic E-state index is 13.1. The second-order valence-electron chi connectivity index (χ2n) is 18.9. The van der Waals surface area contributed by atoms with E-state index in [0.29, 0.717) is 55.1 Å². The third-order valence-corrected chi connectivity index (χ3v) is 14.0. The quantitative estimate of drug-likeness (QED) is 0.119. The van der Waals surface area contributed by atoms with Crippen LogP contribution in [0.5, 0.6) is 0 Å². The molecule has 3 N–H and O–H groups in total. The highest BCUT2D eigenvalue weighted by atomic mass is 16.3. The van der Waals surface area contributed by atoms with Crippen molar-refractivity contribution in [2.45, 2.75) is 51.0 Å². The maximum atomic E-state index is 13.1. The number of carbonyl (C=O) groups excluding carboxylic acids is 4. The number of nitrogens with zero attached hydrogens (tertiary/aromatic N) is 8. The van der Waals surface area contributed by atoms with Gasteiger partial charge in [0.1, 0.15) is 11.6 Å². The Morgan fingerprint density at radius 2 is 0.959 bits per heavy atom. The number of aromatic nitrogens is 4. The summed E-state index contributed by atoms with van der Waals surface area (Å²) in [6.45, 7) is 4.11. The minimum atomic E-state index is -0.462. The number of hydrogen-bond acceptors (Lipinski definition) is 11. The molecule has 8 aromatic rings. The second-order valence-corrected chi connectivity index (χ2v) is 18.9. The molecule has 4 aliphatic rings. The van der Waals surface area contributed by atoms with Crippen LogP contribution < -0.4 is 20.4 Å². The molecule has 0 spiro atoms. The van der Waals surface area contributed by atoms with Crippen molar-refractivity contribution in [1.29, 1.82) is 0 Å². The highest BCUT2D eigenvalue weighted by Crippen LogP contribution is 2.31. The van der Waals surface area contributed by atoms with Crippen molar-refractivity contribution in [2.75, 3.05) is 59.7 Å². The Morgan fingerprint density at radius 1 is 0.493 bits per heavy atom. The summed E-state index contributed by atoms with van der Waals surface area (Å²) < 4.78 is 0. The highest BCUT2D eigenvalue weighted by Gasteiger charge is 2.27. The number of aliphatic hydroxyl groups excluding tert-OH is 1. The molecule has 4 fully saturated rings. The Labute approximate surface area is 422 Å². The topological polar surface area (TPSA) is 177 Å². The first-order chi connectivity index (χ1) is 35.7. The zero-order valence-corrected chi connectivity index (χ0v) is 40.3. The zero-order chi connectivity index (χ0) is 49.8. The Balaban J connectivity index is 0.000000157. The summed E-state index contributed by atoms with van der Waals surface area (Å²) in [6, 6.07) is 39.0. The molecule has 4 aliphatic heterocycles. The second kappa shape index (κ2) is 20.7. The van der Waals surface area contributed by atoms with Gasteiger partial charge in [-0.15, -0.1) is 0 Å². The van der Waals surface area contributed by atoms with E-state index in [1.165, 1.54) is 0 Å². The number of aliphatic hydroxyl groups is 1. The van der Waals surface area contributed by atoms with Gasteiger partial charge in [-0.05, 0) is 128 Å². The van der Waals surface area contributed by atoms with Crippen LogP contribution in [0.15, 0.2) is 146 Å². The summed E-state index contributed by atoms with van der Waals surface area (Å²) in [4.78, 5) is 75.7. The van der Waals surface area contributed by atoms with E-state index >= 15 is 0 Å². The van der Waals surface area contributed by atoms with E-state index in [9.17, 15) is 24.3 Å². The predicted octanol–water partition coefficient (Wildman–Crippen LogP) is 9.78. The average Bonchev–Trinajstić information content (AvgIpc) is 4.29. The van der Waals surface area contributed by atoms with Gasteiger partial charge in [0.05, 0.1) is 40.9 Å². The van der Waals surface area contributed by atoms with Crippen molar-refractivity contribution in [2.24, 2.45) is 0 Å². The van der Waals surface area contributed by atoms with E-state index in [1.54, 1.807) is 29.6 Å². The van der Waals surface area contributed by atoms with Crippen LogP contribution in [0.2, 0.25) is 0 Å². The summed E-state index contributed by atoms with van der Waals surface area (Å²) >= 11 is 0. The van der Waals surface area contributed by atoms with Gasteiger partial charge in [0.15, 0.2) is 0 Å². The van der Waals surface area contributed by atoms with Gasteiger partial charge in [0, 0.05) is 109 Å². The van der Waals surface area contributed by atoms with Gasteiger partial charge in [0.25, 0.3) is 11.8 Å². The molecule has 366 valence electrons. The number of nitrogens with one attached hydrogen (secondary N) is 2. The fourth-order valence-electron chi connectivity index (χ4n) is 10.1. The lowest BCUT2D eigenvalue weighted by atomic mass is 10.1. The van der Waals surface area contributed by atoms with Crippen molar-refractivity contribution < 1.29 is 24.3 Å². The first-order valence-electron chi connectivity index (χ1n) is 25.0. The van der Waals surface area contributed by atoms with Gasteiger partial charge in [-0.2, -0.15) is 0 Å². The lowest BCUT2D eigenvalue weighted by Gasteiger charge is -2.17. The molecular weight excluding hydrogens is 917 g/mol. The molecule has 12 rings (SSSR count). The van der Waals surface area contributed by atoms with Crippen LogP contribution in [0, 0.1) is 0 Å². The monoisotopic (exact) mass is 970 g/mol. The number of β-amino-alcohol motifs (C(OH)–C–C–N with tert-alkyl or cyclic N) is 1. The van der Waals surface area contributed by atoms with Crippen molar-refractivity contribution in [3.63, 3.8) is 0 Å². The summed E-state index contributed by atoms with van der Waals surface area (Å²) in [5, 5.41) is 18.0. The van der Waals surface area contributed by atoms with E-state index in [-0.39, 0.29) is 23.6 Å². The fourth-order valence-corrected chi connectivity index (χ4v) is 10.1. The van der Waals surface area contributed by atoms with Gasteiger partial charge >= 0.3 is 0 Å². The van der Waals surface area contributed by atoms with Crippen LogP contribution in [0.1, 0.15) is 65.7 Å². The maximum Gasteiger partial charge on any atom is 0.254 e. The summed E-state index contributed by atoms with van der Waals surface area (Å²) in [5.41, 5.74) is 10.2. The number of benzene rings is 4. The van der Waals surface area contributed by atoms with Crippen molar-refractivity contribution >= 4 is 79.8 Å². The number of carbonyl (C=O) groups is 4. The Bertz CT molecular complexity index is 3350. The SMILES string of the molecule is O=C(c1cccc2ncc(Nc3ccc(-c4ccc(N5CCCC5=O)cc4)cn3)cc12)N1CCC(O)C1.O=C(c1cccc2ncc(Nc3ccc(-c4ccc(N5CCCC5=O)cc4)cn3)cc12)N1CCCC1. The third kappa shape index (κ3) is 10.2. The number of amides is 4. The number of anilines is 6. The normalized spacial score (nSPS) is 16.6. The van der Waals surface area contributed by atoms with E-state index in [2.05, 4.69) is 30.6 Å². The molecule has 1 unspecified atom stereocenters. The van der Waals surface area contributed by atoms with Crippen molar-refractivity contribution in [1.82, 2.24) is 29.7 Å². The van der Waals surface area contributed by atoms with Crippen molar-refractivity contribution in [3.05, 3.63) is 157 Å². The van der Waals surface area contributed by atoms with Gasteiger partial charge in [-0.3, -0.25) is 29.1 Å². The Morgan fingerprint density at radius 3 is 1.37 bits per heavy atom. The third-order valence-electron chi connectivity index (χ3n) is 14.0. The van der Waals surface area contributed by atoms with Crippen molar-refractivity contribution in [3.8, 4) is 22.3 Å². The molecule has 0 aliphatic carbocycles. The molecule has 0 saturated carbocycles. The Hall–Kier alpha value is -8.56. The lowest BCUT2D eigenvalue weighted by molar-refractivity contribution is -0.117. The van der Waals surface area contributed by atoms with Crippen LogP contribution in [0.3, 0.4) is 0 Å². The van der Waals surface area contributed by atoms with E-state index in [4.69, 9.17) is 0 Å². The van der Waals surface area contributed by atoms with Crippen LogP contribution in [0.25, 0.3) is 44.1 Å². The van der Waals surface area contributed by atoms with Gasteiger partial charge < -0.3 is 35.3 Å². The van der Waals surface area contributed by atoms with Crippen LogP contribution in [0.4, 0.5) is 34.4 Å². The zero-order valence-electron chi connectivity index (χ0n) is 40.3. The minimum absolute atomic E-state index is 0.0691. The predicted molar refractivity (Wildman–Crippen MR) is 284 cm³/mol. The highest BCUT2D eigenvalue weighted by molar-refractivity contribution is 6.08. The molecule has 8 heterocycles. The fraction of sp³-hybridized carbons (Fsp3) is 0.241. The van der Waals surface area contributed by atoms with Gasteiger partial charge in [-0.25, -0.2) is 9.97 Å². The molecule has 4 amide bonds. The molecule has 15 heteroatoms. The van der Waals surface area contributed by atoms with E-state index in [0.717, 1.165) is 119 Å². The molecule has 0 radical (unpaired) electrons. The molecule has 4 aromatic heterocycles. The van der Waals surface area contributed by atoms with Gasteiger partial charge in [-0.1, -0.05) is 36.4 Å². The van der Waals surface area contributed by atoms with E-state index < -0.39 is 6.10 Å². The molecule has 73 heavy (non-hydrogen) atoms. The largest absolute Gasteiger partial charge is 0.391 e. The van der Waals surface area contributed by atoms with Gasteiger partial charge in [0.2, 0.25) is 11.8 Å². The number of fused-ring (bicyclic) bond motifs is 2. The summed E-state index contributed by atoms with van der Waals surface area (Å²) in [6.07, 6.45) is 12.5. The standard InChI is InChI=1S/C29H27N5O3.C29H27N5O2/c35-23-12-14-33(18-23)29(37)24-3-1-4-26-25(24)15-21(17-30-26)32-27-11-8-20(16-31-27)19-6-9-22(10-7-19)34-13-2-5-28(34)36;35-28-7-4-16-34(28)23-11-8-20(9-12-23)21-10-13-27(31-18-21)32-22-17-25-24(5-3-6-26(25)30-19-22)29(36)33-14-1-2-15-33/h1,3-4,6-11,15-17,23,35H,2,5,12-14,18H2,(H,31,32);3,5-6,8-13,17-19H,1-2,4,7,14-16H2,(H,31,32). The van der Waals surface area contributed by atoms with Crippen LogP contribution in [-0.4, -0.2) is 104 Å². The molecule has 4 aromatic carbocycles. The average molecular weight is 971 g/mol. The molecule has 15 nitrogen and oxygen atoms in total. The summed E-state index contributed by atoms with van der Waals surface area (Å²) in [5.74, 6) is 1.71. The number of rotatable bonds is 10. The number of pyridine rings is 4. The minimum Gasteiger partial charge on any atom is -0.391 e. The molecule has 1 atom stereocenters. The summed E-state index contributed by atoms with van der Waals surface area (Å²) in [7, 11) is 0. The first-order valence-corrected chi connectivity index (χ1v) is 25.0. The molecular formula is C58H54N10O5. The molecule has 0 bridgehead atoms.